The van der Waals surface area contributed by atoms with Crippen LogP contribution in [0.15, 0.2) is 53.7 Å². The maximum Gasteiger partial charge on any atom is 0.264 e. The number of rotatable bonds is 3. The summed E-state index contributed by atoms with van der Waals surface area (Å²) >= 11 is 0. The minimum atomic E-state index is -3.65. The highest BCUT2D eigenvalue weighted by Gasteiger charge is 2.26. The van der Waals surface area contributed by atoms with Gasteiger partial charge in [-0.25, -0.2) is 8.42 Å². The molecule has 1 aromatic heterocycles. The fourth-order valence-electron chi connectivity index (χ4n) is 2.35. The summed E-state index contributed by atoms with van der Waals surface area (Å²) in [4.78, 5) is 4.18. The summed E-state index contributed by atoms with van der Waals surface area (Å²) in [5.74, 6) is 0.681. The van der Waals surface area contributed by atoms with Crippen molar-refractivity contribution in [1.29, 1.82) is 0 Å². The lowest BCUT2D eigenvalue weighted by Gasteiger charge is -2.28. The standard InChI is InChI=1S/C17H18N2O3S/c1-17(2)9-8-13-11-15(6-7-16(13)22-17)23(20,21)19(3)14-5-4-10-18-12-14/h4-12H,1-3H3. The van der Waals surface area contributed by atoms with Crippen LogP contribution in [-0.4, -0.2) is 26.1 Å². The molecule has 0 bridgehead atoms. The summed E-state index contributed by atoms with van der Waals surface area (Å²) in [6.07, 6.45) is 6.92. The van der Waals surface area contributed by atoms with Crippen molar-refractivity contribution in [3.8, 4) is 5.75 Å². The van der Waals surface area contributed by atoms with Crippen LogP contribution in [0.4, 0.5) is 5.69 Å². The minimum Gasteiger partial charge on any atom is -0.483 e. The molecular formula is C17H18N2O3S. The first-order valence-electron chi connectivity index (χ1n) is 7.21. The molecule has 0 amide bonds. The number of ether oxygens (including phenoxy) is 1. The maximum atomic E-state index is 12.8. The van der Waals surface area contributed by atoms with Crippen molar-refractivity contribution >= 4 is 21.8 Å². The van der Waals surface area contributed by atoms with E-state index in [9.17, 15) is 8.42 Å². The molecule has 0 aliphatic carbocycles. The predicted octanol–water partition coefficient (Wildman–Crippen LogP) is 3.09. The maximum absolute atomic E-state index is 12.8. The molecule has 0 spiro atoms. The van der Waals surface area contributed by atoms with Crippen molar-refractivity contribution in [3.63, 3.8) is 0 Å². The van der Waals surface area contributed by atoms with Crippen molar-refractivity contribution in [2.75, 3.05) is 11.4 Å². The molecule has 2 aromatic rings. The van der Waals surface area contributed by atoms with Crippen molar-refractivity contribution in [1.82, 2.24) is 4.98 Å². The molecule has 2 heterocycles. The fraction of sp³-hybridized carbons (Fsp3) is 0.235. The second kappa shape index (κ2) is 5.38. The number of benzene rings is 1. The lowest BCUT2D eigenvalue weighted by atomic mass is 10.0. The average molecular weight is 330 g/mol. The van der Waals surface area contributed by atoms with E-state index >= 15 is 0 Å². The third-order valence-corrected chi connectivity index (χ3v) is 5.47. The van der Waals surface area contributed by atoms with Crippen LogP contribution in [0, 0.1) is 0 Å². The fourth-order valence-corrected chi connectivity index (χ4v) is 3.57. The average Bonchev–Trinajstić information content (AvgIpc) is 2.53. The largest absolute Gasteiger partial charge is 0.483 e. The smallest absolute Gasteiger partial charge is 0.264 e. The molecule has 0 unspecified atom stereocenters. The quantitative estimate of drug-likeness (QED) is 0.868. The van der Waals surface area contributed by atoms with Gasteiger partial charge < -0.3 is 4.74 Å². The summed E-state index contributed by atoms with van der Waals surface area (Å²) in [5.41, 5.74) is 0.878. The number of sulfonamides is 1. The third kappa shape index (κ3) is 2.94. The Morgan fingerprint density at radius 1 is 1.22 bits per heavy atom. The van der Waals surface area contributed by atoms with Crippen LogP contribution in [0.2, 0.25) is 0 Å². The number of aromatic nitrogens is 1. The van der Waals surface area contributed by atoms with Crippen LogP contribution in [0.25, 0.3) is 6.08 Å². The lowest BCUT2D eigenvalue weighted by molar-refractivity contribution is 0.159. The molecule has 120 valence electrons. The summed E-state index contributed by atoms with van der Waals surface area (Å²) in [6.45, 7) is 3.90. The van der Waals surface area contributed by atoms with Crippen LogP contribution in [0.5, 0.6) is 5.75 Å². The third-order valence-electron chi connectivity index (χ3n) is 3.69. The molecule has 0 radical (unpaired) electrons. The van der Waals surface area contributed by atoms with Gasteiger partial charge in [0, 0.05) is 18.8 Å². The number of fused-ring (bicyclic) bond motifs is 1. The van der Waals surface area contributed by atoms with Crippen LogP contribution in [0.1, 0.15) is 19.4 Å². The van der Waals surface area contributed by atoms with E-state index in [1.807, 2.05) is 26.0 Å². The second-order valence-corrected chi connectivity index (χ2v) is 7.89. The topological polar surface area (TPSA) is 59.5 Å². The van der Waals surface area contributed by atoms with E-state index in [0.717, 1.165) is 5.56 Å². The molecule has 0 fully saturated rings. The van der Waals surface area contributed by atoms with Gasteiger partial charge in [0.1, 0.15) is 11.4 Å². The SMILES string of the molecule is CN(c1cccnc1)S(=O)(=O)c1ccc2c(c1)C=CC(C)(C)O2. The van der Waals surface area contributed by atoms with Gasteiger partial charge in [-0.3, -0.25) is 9.29 Å². The van der Waals surface area contributed by atoms with Gasteiger partial charge >= 0.3 is 0 Å². The number of hydrogen-bond acceptors (Lipinski definition) is 4. The van der Waals surface area contributed by atoms with Gasteiger partial charge in [0.25, 0.3) is 10.0 Å². The van der Waals surface area contributed by atoms with Gasteiger partial charge in [0.15, 0.2) is 0 Å². The highest BCUT2D eigenvalue weighted by Crippen LogP contribution is 2.33. The number of nitrogens with zero attached hydrogens (tertiary/aromatic N) is 2. The van der Waals surface area contributed by atoms with Gasteiger partial charge in [-0.15, -0.1) is 0 Å². The van der Waals surface area contributed by atoms with Crippen LogP contribution in [0.3, 0.4) is 0 Å². The molecular weight excluding hydrogens is 312 g/mol. The lowest BCUT2D eigenvalue weighted by Crippen LogP contribution is -2.28. The van der Waals surface area contributed by atoms with Gasteiger partial charge in [-0.2, -0.15) is 0 Å². The van der Waals surface area contributed by atoms with Gasteiger partial charge in [0.05, 0.1) is 16.8 Å². The molecule has 5 nitrogen and oxygen atoms in total. The zero-order valence-electron chi connectivity index (χ0n) is 13.2. The van der Waals surface area contributed by atoms with E-state index in [4.69, 9.17) is 4.74 Å². The Morgan fingerprint density at radius 2 is 2.00 bits per heavy atom. The molecule has 0 saturated carbocycles. The zero-order valence-corrected chi connectivity index (χ0v) is 14.0. The summed E-state index contributed by atoms with van der Waals surface area (Å²) in [7, 11) is -2.14. The normalized spacial score (nSPS) is 15.6. The molecule has 6 heteroatoms. The van der Waals surface area contributed by atoms with Gasteiger partial charge in [-0.1, -0.05) is 6.08 Å². The van der Waals surface area contributed by atoms with E-state index < -0.39 is 10.0 Å². The highest BCUT2D eigenvalue weighted by molar-refractivity contribution is 7.92. The van der Waals surface area contributed by atoms with E-state index in [2.05, 4.69) is 4.98 Å². The summed E-state index contributed by atoms with van der Waals surface area (Å²) in [5, 5.41) is 0. The van der Waals surface area contributed by atoms with Crippen molar-refractivity contribution in [3.05, 3.63) is 54.4 Å². The van der Waals surface area contributed by atoms with E-state index in [1.165, 1.54) is 17.5 Å². The first-order chi connectivity index (χ1) is 10.8. The highest BCUT2D eigenvalue weighted by atomic mass is 32.2. The Balaban J connectivity index is 1.99. The van der Waals surface area contributed by atoms with E-state index in [1.54, 1.807) is 36.5 Å². The number of pyridine rings is 1. The number of hydrogen-bond donors (Lipinski definition) is 0. The molecule has 0 N–H and O–H groups in total. The van der Waals surface area contributed by atoms with E-state index in [-0.39, 0.29) is 10.5 Å². The Bertz CT molecular complexity index is 859. The van der Waals surface area contributed by atoms with Gasteiger partial charge in [-0.05, 0) is 50.3 Å². The van der Waals surface area contributed by atoms with Crippen molar-refractivity contribution in [2.45, 2.75) is 24.3 Å². The molecule has 1 aliphatic heterocycles. The van der Waals surface area contributed by atoms with Gasteiger partial charge in [0.2, 0.25) is 0 Å². The number of anilines is 1. The molecule has 0 saturated heterocycles. The van der Waals surface area contributed by atoms with Crippen molar-refractivity contribution in [2.24, 2.45) is 0 Å². The predicted molar refractivity (Wildman–Crippen MR) is 90.0 cm³/mol. The molecule has 1 aliphatic rings. The van der Waals surface area contributed by atoms with Crippen LogP contribution in [-0.2, 0) is 10.0 Å². The van der Waals surface area contributed by atoms with Crippen LogP contribution >= 0.6 is 0 Å². The van der Waals surface area contributed by atoms with Crippen LogP contribution < -0.4 is 9.04 Å². The monoisotopic (exact) mass is 330 g/mol. The Kier molecular flexibility index (Phi) is 3.64. The Morgan fingerprint density at radius 3 is 2.70 bits per heavy atom. The Hall–Kier alpha value is -2.34. The molecule has 0 atom stereocenters. The summed E-state index contributed by atoms with van der Waals surface area (Å²) < 4.78 is 32.6. The first-order valence-corrected chi connectivity index (χ1v) is 8.65. The molecule has 23 heavy (non-hydrogen) atoms. The molecule has 1 aromatic carbocycles. The summed E-state index contributed by atoms with van der Waals surface area (Å²) in [6, 6.07) is 8.30. The first kappa shape index (κ1) is 15.6. The minimum absolute atomic E-state index is 0.218. The van der Waals surface area contributed by atoms with E-state index in [0.29, 0.717) is 11.4 Å². The molecule has 3 rings (SSSR count). The second-order valence-electron chi connectivity index (χ2n) is 5.92. The Labute approximate surface area is 136 Å². The zero-order chi connectivity index (χ0) is 16.7. The van der Waals surface area contributed by atoms with Crippen molar-refractivity contribution < 1.29 is 13.2 Å².